The van der Waals surface area contributed by atoms with Gasteiger partial charge in [-0.3, -0.25) is 4.79 Å². The Labute approximate surface area is 71.8 Å². The van der Waals surface area contributed by atoms with E-state index in [1.54, 1.807) is 6.92 Å². The van der Waals surface area contributed by atoms with Crippen LogP contribution in [0.5, 0.6) is 0 Å². The van der Waals surface area contributed by atoms with E-state index in [2.05, 4.69) is 4.74 Å². The molecule has 0 aliphatic heterocycles. The predicted octanol–water partition coefficient (Wildman–Crippen LogP) is 0.400. The summed E-state index contributed by atoms with van der Waals surface area (Å²) in [6.45, 7) is 3.05. The minimum atomic E-state index is -0.678. The lowest BCUT2D eigenvalue weighted by atomic mass is 10.0. The molecule has 0 radical (unpaired) electrons. The van der Waals surface area contributed by atoms with Crippen molar-refractivity contribution in [2.75, 3.05) is 13.9 Å². The van der Waals surface area contributed by atoms with E-state index in [4.69, 9.17) is 4.74 Å². The molecular formula is C8H14O4. The van der Waals surface area contributed by atoms with Gasteiger partial charge in [-0.05, 0) is 6.92 Å². The number of carbonyl (C=O) groups is 2. The fourth-order valence-electron chi connectivity index (χ4n) is 0.852. The molecule has 4 heteroatoms. The number of hydrogen-bond acceptors (Lipinski definition) is 4. The molecule has 0 fully saturated rings. The molecular weight excluding hydrogens is 160 g/mol. The van der Waals surface area contributed by atoms with Gasteiger partial charge in [0.25, 0.3) is 0 Å². The molecule has 4 nitrogen and oxygen atoms in total. The summed E-state index contributed by atoms with van der Waals surface area (Å²) in [5, 5.41) is 0. The predicted molar refractivity (Wildman–Crippen MR) is 42.7 cm³/mol. The summed E-state index contributed by atoms with van der Waals surface area (Å²) in [7, 11) is 1.46. The van der Waals surface area contributed by atoms with E-state index in [0.717, 1.165) is 0 Å². The molecule has 0 spiro atoms. The highest BCUT2D eigenvalue weighted by atomic mass is 16.7. The molecule has 0 bridgehead atoms. The summed E-state index contributed by atoms with van der Waals surface area (Å²) >= 11 is 0. The second-order valence-corrected chi connectivity index (χ2v) is 2.60. The lowest BCUT2D eigenvalue weighted by Gasteiger charge is -2.16. The van der Waals surface area contributed by atoms with Crippen LogP contribution in [-0.2, 0) is 19.1 Å². The van der Waals surface area contributed by atoms with Crippen molar-refractivity contribution < 1.29 is 19.1 Å². The summed E-state index contributed by atoms with van der Waals surface area (Å²) in [6.07, 6.45) is 0.0179. The van der Waals surface area contributed by atoms with Crippen LogP contribution >= 0.6 is 0 Å². The van der Waals surface area contributed by atoms with Gasteiger partial charge in [0.05, 0.1) is 0 Å². The zero-order valence-corrected chi connectivity index (χ0v) is 7.57. The van der Waals surface area contributed by atoms with Crippen LogP contribution in [0.2, 0.25) is 0 Å². The van der Waals surface area contributed by atoms with E-state index in [1.165, 1.54) is 14.0 Å². The topological polar surface area (TPSA) is 52.6 Å². The van der Waals surface area contributed by atoms with E-state index in [-0.39, 0.29) is 12.6 Å². The van der Waals surface area contributed by atoms with Crippen molar-refractivity contribution in [1.29, 1.82) is 0 Å². The fraction of sp³-hybridized carbons (Fsp3) is 0.750. The Morgan fingerprint density at radius 3 is 2.50 bits per heavy atom. The largest absolute Gasteiger partial charge is 0.359 e. The number of ketones is 1. The molecule has 0 N–H and O–H groups in total. The molecule has 0 heterocycles. The Balaban J connectivity index is 4.03. The molecule has 0 aromatic heterocycles. The summed E-state index contributed by atoms with van der Waals surface area (Å²) in [6, 6.07) is 0. The molecule has 2 atom stereocenters. The monoisotopic (exact) mass is 174 g/mol. The second kappa shape index (κ2) is 5.85. The molecule has 12 heavy (non-hydrogen) atoms. The molecule has 70 valence electrons. The van der Waals surface area contributed by atoms with Gasteiger partial charge in [-0.15, -0.1) is 0 Å². The SMILES string of the molecule is COCO[C@@H](C(C)=O)C(C)C=O. The Morgan fingerprint density at radius 2 is 2.17 bits per heavy atom. The van der Waals surface area contributed by atoms with Gasteiger partial charge in [0.2, 0.25) is 0 Å². The van der Waals surface area contributed by atoms with Crippen molar-refractivity contribution in [3.63, 3.8) is 0 Å². The highest BCUT2D eigenvalue weighted by Crippen LogP contribution is 2.05. The number of Topliss-reactive ketones (excluding diaryl/α,β-unsaturated/α-hetero) is 1. The maximum absolute atomic E-state index is 10.9. The first-order chi connectivity index (χ1) is 5.63. The van der Waals surface area contributed by atoms with Gasteiger partial charge in [0, 0.05) is 13.0 Å². The van der Waals surface area contributed by atoms with Crippen LogP contribution < -0.4 is 0 Å². The number of rotatable bonds is 6. The summed E-state index contributed by atoms with van der Waals surface area (Å²) in [4.78, 5) is 21.3. The number of ether oxygens (including phenoxy) is 2. The highest BCUT2D eigenvalue weighted by molar-refractivity contribution is 5.83. The molecule has 0 saturated carbocycles. The van der Waals surface area contributed by atoms with Gasteiger partial charge in [-0.1, -0.05) is 6.92 Å². The number of hydrogen-bond donors (Lipinski definition) is 0. The first kappa shape index (κ1) is 11.3. The number of methoxy groups -OCH3 is 1. The van der Waals surface area contributed by atoms with Crippen molar-refractivity contribution in [2.24, 2.45) is 5.92 Å². The summed E-state index contributed by atoms with van der Waals surface area (Å²) < 4.78 is 9.63. The minimum Gasteiger partial charge on any atom is -0.359 e. The first-order valence-electron chi connectivity index (χ1n) is 3.69. The quantitative estimate of drug-likeness (QED) is 0.432. The lowest BCUT2D eigenvalue weighted by molar-refractivity contribution is -0.145. The van der Waals surface area contributed by atoms with E-state index < -0.39 is 12.0 Å². The van der Waals surface area contributed by atoms with Crippen molar-refractivity contribution in [3.8, 4) is 0 Å². The van der Waals surface area contributed by atoms with Crippen LogP contribution in [0.25, 0.3) is 0 Å². The van der Waals surface area contributed by atoms with Gasteiger partial charge < -0.3 is 14.3 Å². The van der Waals surface area contributed by atoms with Crippen molar-refractivity contribution in [3.05, 3.63) is 0 Å². The molecule has 1 unspecified atom stereocenters. The summed E-state index contributed by atoms with van der Waals surface area (Å²) in [5.74, 6) is -0.579. The van der Waals surface area contributed by atoms with Crippen LogP contribution in [0.4, 0.5) is 0 Å². The standard InChI is InChI=1S/C8H14O4/c1-6(4-9)8(7(2)10)12-5-11-3/h4,6,8H,5H2,1-3H3/t6?,8-/m1/s1. The fourth-order valence-corrected chi connectivity index (χ4v) is 0.852. The van der Waals surface area contributed by atoms with Gasteiger partial charge >= 0.3 is 0 Å². The molecule has 0 aliphatic rings. The highest BCUT2D eigenvalue weighted by Gasteiger charge is 2.21. The smallest absolute Gasteiger partial charge is 0.159 e. The molecule has 0 aliphatic carbocycles. The molecule has 0 aromatic carbocycles. The maximum atomic E-state index is 10.9. The average Bonchev–Trinajstić information content (AvgIpc) is 2.04. The second-order valence-electron chi connectivity index (χ2n) is 2.60. The number of carbonyl (C=O) groups excluding carboxylic acids is 2. The maximum Gasteiger partial charge on any atom is 0.159 e. The molecule has 0 aromatic rings. The Bertz CT molecular complexity index is 155. The molecule has 0 saturated heterocycles. The van der Waals surface area contributed by atoms with E-state index in [1.807, 2.05) is 0 Å². The van der Waals surface area contributed by atoms with Crippen LogP contribution in [0.1, 0.15) is 13.8 Å². The third kappa shape index (κ3) is 3.59. The zero-order chi connectivity index (χ0) is 9.56. The number of aldehydes is 1. The van der Waals surface area contributed by atoms with Gasteiger partial charge in [-0.2, -0.15) is 0 Å². The molecule has 0 rings (SSSR count). The third-order valence-electron chi connectivity index (χ3n) is 1.46. The van der Waals surface area contributed by atoms with Crippen molar-refractivity contribution in [1.82, 2.24) is 0 Å². The summed E-state index contributed by atoms with van der Waals surface area (Å²) in [5.41, 5.74) is 0. The lowest BCUT2D eigenvalue weighted by Crippen LogP contribution is -2.30. The normalized spacial score (nSPS) is 15.2. The average molecular weight is 174 g/mol. The van der Waals surface area contributed by atoms with E-state index in [9.17, 15) is 9.59 Å². The third-order valence-corrected chi connectivity index (χ3v) is 1.46. The van der Waals surface area contributed by atoms with Gasteiger partial charge in [0.1, 0.15) is 19.2 Å². The van der Waals surface area contributed by atoms with Gasteiger partial charge in [-0.25, -0.2) is 0 Å². The van der Waals surface area contributed by atoms with Crippen LogP contribution in [0, 0.1) is 5.92 Å². The van der Waals surface area contributed by atoms with Crippen molar-refractivity contribution >= 4 is 12.1 Å². The van der Waals surface area contributed by atoms with Crippen LogP contribution in [-0.4, -0.2) is 32.1 Å². The zero-order valence-electron chi connectivity index (χ0n) is 7.57. The van der Waals surface area contributed by atoms with E-state index >= 15 is 0 Å². The Hall–Kier alpha value is -0.740. The Morgan fingerprint density at radius 1 is 1.58 bits per heavy atom. The first-order valence-corrected chi connectivity index (χ1v) is 3.69. The van der Waals surface area contributed by atoms with Crippen molar-refractivity contribution in [2.45, 2.75) is 20.0 Å². The molecule has 0 amide bonds. The van der Waals surface area contributed by atoms with Crippen LogP contribution in [0.15, 0.2) is 0 Å². The van der Waals surface area contributed by atoms with E-state index in [0.29, 0.717) is 6.29 Å². The van der Waals surface area contributed by atoms with Crippen LogP contribution in [0.3, 0.4) is 0 Å². The minimum absolute atomic E-state index is 0.0302. The van der Waals surface area contributed by atoms with Gasteiger partial charge in [0.15, 0.2) is 5.78 Å². The Kier molecular flexibility index (Phi) is 5.49.